The molecular formula is C19H19N3O. The number of hydrogen-bond donors (Lipinski definition) is 0. The Labute approximate surface area is 135 Å². The van der Waals surface area contributed by atoms with Crippen molar-refractivity contribution in [1.29, 1.82) is 0 Å². The Morgan fingerprint density at radius 1 is 1.04 bits per heavy atom. The molecule has 1 atom stereocenters. The minimum absolute atomic E-state index is 0.00555. The van der Waals surface area contributed by atoms with Gasteiger partial charge in [0.1, 0.15) is 5.69 Å². The summed E-state index contributed by atoms with van der Waals surface area (Å²) in [5.41, 5.74) is 5.62. The van der Waals surface area contributed by atoms with Gasteiger partial charge in [-0.3, -0.25) is 4.79 Å². The van der Waals surface area contributed by atoms with Gasteiger partial charge in [0.05, 0.1) is 6.04 Å². The number of carbonyl (C=O) groups excluding carboxylic acids is 1. The van der Waals surface area contributed by atoms with Gasteiger partial charge in [0.15, 0.2) is 12.0 Å². The number of aldehydes is 1. The average molecular weight is 305 g/mol. The first-order valence-corrected chi connectivity index (χ1v) is 7.64. The van der Waals surface area contributed by atoms with Crippen molar-refractivity contribution in [1.82, 2.24) is 15.0 Å². The van der Waals surface area contributed by atoms with Crippen LogP contribution in [0.5, 0.6) is 0 Å². The lowest BCUT2D eigenvalue weighted by Crippen LogP contribution is -2.10. The van der Waals surface area contributed by atoms with Crippen LogP contribution in [0.2, 0.25) is 0 Å². The van der Waals surface area contributed by atoms with Gasteiger partial charge in [-0.25, -0.2) is 4.68 Å². The Hall–Kier alpha value is -2.75. The van der Waals surface area contributed by atoms with Gasteiger partial charge < -0.3 is 0 Å². The molecule has 4 nitrogen and oxygen atoms in total. The molecule has 23 heavy (non-hydrogen) atoms. The monoisotopic (exact) mass is 305 g/mol. The van der Waals surface area contributed by atoms with Crippen molar-refractivity contribution in [3.63, 3.8) is 0 Å². The summed E-state index contributed by atoms with van der Waals surface area (Å²) in [6, 6.07) is 16.2. The highest BCUT2D eigenvalue weighted by Gasteiger charge is 2.19. The largest absolute Gasteiger partial charge is 0.296 e. The van der Waals surface area contributed by atoms with E-state index in [-0.39, 0.29) is 6.04 Å². The second kappa shape index (κ2) is 6.16. The third kappa shape index (κ3) is 2.80. The lowest BCUT2D eigenvalue weighted by atomic mass is 10.0. The molecule has 2 aromatic carbocycles. The Kier molecular flexibility index (Phi) is 4.06. The van der Waals surface area contributed by atoms with Crippen LogP contribution in [0.3, 0.4) is 0 Å². The second-order valence-corrected chi connectivity index (χ2v) is 5.77. The zero-order chi connectivity index (χ0) is 16.4. The van der Waals surface area contributed by atoms with Gasteiger partial charge in [0, 0.05) is 5.56 Å². The molecule has 0 aliphatic rings. The molecular weight excluding hydrogens is 286 g/mol. The van der Waals surface area contributed by atoms with Gasteiger partial charge in [-0.05, 0) is 43.5 Å². The summed E-state index contributed by atoms with van der Waals surface area (Å²) in [6.07, 6.45) is 0.770. The number of hydrogen-bond acceptors (Lipinski definition) is 3. The lowest BCUT2D eigenvalue weighted by Gasteiger charge is -2.16. The zero-order valence-electron chi connectivity index (χ0n) is 13.5. The molecule has 0 aliphatic heterocycles. The van der Waals surface area contributed by atoms with Gasteiger partial charge in [0.2, 0.25) is 0 Å². The van der Waals surface area contributed by atoms with Crippen LogP contribution in [0, 0.1) is 13.8 Å². The van der Waals surface area contributed by atoms with Gasteiger partial charge in [0.25, 0.3) is 0 Å². The maximum absolute atomic E-state index is 11.4. The van der Waals surface area contributed by atoms with Crippen molar-refractivity contribution >= 4 is 6.29 Å². The fourth-order valence-corrected chi connectivity index (χ4v) is 2.70. The number of aromatic nitrogens is 3. The molecule has 0 bridgehead atoms. The molecule has 3 aromatic rings. The van der Waals surface area contributed by atoms with E-state index in [0.29, 0.717) is 5.69 Å². The Balaban J connectivity index is 2.14. The second-order valence-electron chi connectivity index (χ2n) is 5.77. The fourth-order valence-electron chi connectivity index (χ4n) is 2.70. The van der Waals surface area contributed by atoms with Crippen molar-refractivity contribution in [3.05, 3.63) is 70.9 Å². The van der Waals surface area contributed by atoms with Crippen LogP contribution < -0.4 is 0 Å². The van der Waals surface area contributed by atoms with E-state index >= 15 is 0 Å². The van der Waals surface area contributed by atoms with Crippen LogP contribution in [0.4, 0.5) is 0 Å². The smallest absolute Gasteiger partial charge is 0.172 e. The van der Waals surface area contributed by atoms with E-state index in [1.54, 1.807) is 0 Å². The highest BCUT2D eigenvalue weighted by atomic mass is 16.1. The van der Waals surface area contributed by atoms with Gasteiger partial charge >= 0.3 is 0 Å². The zero-order valence-corrected chi connectivity index (χ0v) is 13.5. The quantitative estimate of drug-likeness (QED) is 0.685. The van der Waals surface area contributed by atoms with Crippen molar-refractivity contribution in [2.45, 2.75) is 26.8 Å². The van der Waals surface area contributed by atoms with Crippen LogP contribution in [0.25, 0.3) is 11.3 Å². The first kappa shape index (κ1) is 15.2. The molecule has 0 fully saturated rings. The number of benzene rings is 2. The topological polar surface area (TPSA) is 47.8 Å². The predicted octanol–water partition coefficient (Wildman–Crippen LogP) is 3.98. The first-order chi connectivity index (χ1) is 11.1. The van der Waals surface area contributed by atoms with E-state index in [9.17, 15) is 4.79 Å². The first-order valence-electron chi connectivity index (χ1n) is 7.64. The van der Waals surface area contributed by atoms with Gasteiger partial charge in [-0.1, -0.05) is 47.7 Å². The van der Waals surface area contributed by atoms with Crippen LogP contribution in [-0.4, -0.2) is 21.3 Å². The molecule has 0 N–H and O–H groups in total. The fraction of sp³-hybridized carbons (Fsp3) is 0.211. The molecule has 116 valence electrons. The molecule has 0 saturated heterocycles. The number of carbonyl (C=O) groups is 1. The standard InChI is InChI=1S/C19H19N3O/c1-13-9-10-17(11-14(13)2)19-18(12-23)20-21-22(19)15(3)16-7-5-4-6-8-16/h4-12,15H,1-3H3. The molecule has 0 amide bonds. The highest BCUT2D eigenvalue weighted by molar-refractivity contribution is 5.83. The molecule has 4 heteroatoms. The predicted molar refractivity (Wildman–Crippen MR) is 90.6 cm³/mol. The third-order valence-electron chi connectivity index (χ3n) is 4.26. The van der Waals surface area contributed by atoms with E-state index in [0.717, 1.165) is 23.1 Å². The van der Waals surface area contributed by atoms with Crippen molar-refractivity contribution in [3.8, 4) is 11.3 Å². The van der Waals surface area contributed by atoms with Gasteiger partial charge in [-0.15, -0.1) is 5.10 Å². The summed E-state index contributed by atoms with van der Waals surface area (Å²) in [6.45, 7) is 6.19. The molecule has 3 rings (SSSR count). The molecule has 0 spiro atoms. The van der Waals surface area contributed by atoms with E-state index in [2.05, 4.69) is 55.3 Å². The Morgan fingerprint density at radius 2 is 1.78 bits per heavy atom. The summed E-state index contributed by atoms with van der Waals surface area (Å²) in [4.78, 5) is 11.4. The van der Waals surface area contributed by atoms with Crippen molar-refractivity contribution in [2.75, 3.05) is 0 Å². The Morgan fingerprint density at radius 3 is 2.43 bits per heavy atom. The molecule has 1 aromatic heterocycles. The molecule has 0 aliphatic carbocycles. The van der Waals surface area contributed by atoms with Gasteiger partial charge in [-0.2, -0.15) is 0 Å². The molecule has 1 heterocycles. The third-order valence-corrected chi connectivity index (χ3v) is 4.26. The minimum atomic E-state index is -0.00555. The van der Waals surface area contributed by atoms with Crippen LogP contribution in [-0.2, 0) is 0 Å². The van der Waals surface area contributed by atoms with Crippen molar-refractivity contribution < 1.29 is 4.79 Å². The van der Waals surface area contributed by atoms with E-state index in [1.165, 1.54) is 11.1 Å². The van der Waals surface area contributed by atoms with E-state index < -0.39 is 0 Å². The molecule has 0 radical (unpaired) electrons. The van der Waals surface area contributed by atoms with E-state index in [4.69, 9.17) is 0 Å². The summed E-state index contributed by atoms with van der Waals surface area (Å²) in [5.74, 6) is 0. The Bertz CT molecular complexity index is 837. The van der Waals surface area contributed by atoms with Crippen molar-refractivity contribution in [2.24, 2.45) is 0 Å². The van der Waals surface area contributed by atoms with Crippen LogP contribution in [0.15, 0.2) is 48.5 Å². The number of nitrogens with zero attached hydrogens (tertiary/aromatic N) is 3. The minimum Gasteiger partial charge on any atom is -0.296 e. The van der Waals surface area contributed by atoms with Crippen LogP contribution in [0.1, 0.15) is 40.1 Å². The SMILES string of the molecule is Cc1ccc(-c2c(C=O)nnn2C(C)c2ccccc2)cc1C. The summed E-state index contributed by atoms with van der Waals surface area (Å²) in [7, 11) is 0. The maximum atomic E-state index is 11.4. The lowest BCUT2D eigenvalue weighted by molar-refractivity contribution is 0.111. The van der Waals surface area contributed by atoms with E-state index in [1.807, 2.05) is 28.9 Å². The van der Waals surface area contributed by atoms with Crippen LogP contribution >= 0.6 is 0 Å². The normalized spacial score (nSPS) is 12.1. The number of rotatable bonds is 4. The average Bonchev–Trinajstić information content (AvgIpc) is 3.01. The summed E-state index contributed by atoms with van der Waals surface area (Å²) >= 11 is 0. The molecule has 1 unspecified atom stereocenters. The summed E-state index contributed by atoms with van der Waals surface area (Å²) in [5, 5.41) is 8.28. The molecule has 0 saturated carbocycles. The number of aryl methyl sites for hydroxylation is 2. The summed E-state index contributed by atoms with van der Waals surface area (Å²) < 4.78 is 1.82. The maximum Gasteiger partial charge on any atom is 0.172 e. The highest BCUT2D eigenvalue weighted by Crippen LogP contribution is 2.28.